The molecule has 2 N–H and O–H groups in total. The van der Waals surface area contributed by atoms with Crippen molar-refractivity contribution in [1.82, 2.24) is 34.7 Å². The second-order valence-corrected chi connectivity index (χ2v) is 7.31. The monoisotopic (exact) mass is 397 g/mol. The van der Waals surface area contributed by atoms with E-state index in [1.54, 1.807) is 17.1 Å². The summed E-state index contributed by atoms with van der Waals surface area (Å²) in [5.74, 6) is 1.43. The number of fused-ring (bicyclic) bond motifs is 1. The van der Waals surface area contributed by atoms with Gasteiger partial charge < -0.3 is 4.98 Å². The van der Waals surface area contributed by atoms with Crippen molar-refractivity contribution in [1.29, 1.82) is 0 Å². The summed E-state index contributed by atoms with van der Waals surface area (Å²) < 4.78 is 1.62. The van der Waals surface area contributed by atoms with Crippen molar-refractivity contribution in [3.8, 4) is 28.5 Å². The van der Waals surface area contributed by atoms with Gasteiger partial charge in [-0.2, -0.15) is 5.10 Å². The molecule has 5 rings (SSSR count). The van der Waals surface area contributed by atoms with Crippen LogP contribution in [-0.4, -0.2) is 34.7 Å². The third-order valence-corrected chi connectivity index (χ3v) is 5.04. The lowest BCUT2D eigenvalue weighted by Gasteiger charge is -2.13. The van der Waals surface area contributed by atoms with Gasteiger partial charge >= 0.3 is 5.69 Å². The van der Waals surface area contributed by atoms with Crippen LogP contribution in [0.3, 0.4) is 0 Å². The average Bonchev–Trinajstić information content (AvgIpc) is 3.41. The van der Waals surface area contributed by atoms with Crippen LogP contribution in [0.4, 0.5) is 0 Å². The van der Waals surface area contributed by atoms with E-state index < -0.39 is 0 Å². The summed E-state index contributed by atoms with van der Waals surface area (Å²) in [6, 6.07) is 15.6. The number of nitrogens with one attached hydrogen (secondary N) is 2. The van der Waals surface area contributed by atoms with Crippen molar-refractivity contribution in [2.75, 3.05) is 0 Å². The Morgan fingerprint density at radius 2 is 1.67 bits per heavy atom. The summed E-state index contributed by atoms with van der Waals surface area (Å²) in [5.41, 5.74) is 4.56. The number of hydrogen-bond acceptors (Lipinski definition) is 5. The summed E-state index contributed by atoms with van der Waals surface area (Å²) in [5, 5.41) is 6.80. The van der Waals surface area contributed by atoms with Crippen molar-refractivity contribution < 1.29 is 0 Å². The van der Waals surface area contributed by atoms with Crippen molar-refractivity contribution in [2.24, 2.45) is 0 Å². The molecular weight excluding hydrogens is 378 g/mol. The molecule has 0 aliphatic carbocycles. The Kier molecular flexibility index (Phi) is 4.24. The Labute approximate surface area is 171 Å². The number of nitrogens with zero attached hydrogens (tertiary/aromatic N) is 5. The van der Waals surface area contributed by atoms with Gasteiger partial charge in [-0.25, -0.2) is 24.3 Å². The minimum atomic E-state index is -0.232. The molecule has 0 unspecified atom stereocenters. The Balaban J connectivity index is 1.63. The number of H-pyrrole nitrogens is 2. The molecule has 3 heterocycles. The standard InChI is InChI=1S/C22H19N7O/c1-13(2)16-5-3-4-6-18(16)29-21-17(26-22(29)30)11-23-19(27-21)14-7-9-15(10-8-14)20-24-12-25-28-20/h3-13H,1-2H3,(H,26,30)(H,24,25,28). The first-order chi connectivity index (χ1) is 14.6. The molecule has 0 bridgehead atoms. The van der Waals surface area contributed by atoms with Crippen LogP contribution in [0.5, 0.6) is 0 Å². The highest BCUT2D eigenvalue weighted by molar-refractivity contribution is 5.75. The van der Waals surface area contributed by atoms with Gasteiger partial charge in [0.1, 0.15) is 11.8 Å². The summed E-state index contributed by atoms with van der Waals surface area (Å²) in [7, 11) is 0. The molecular formula is C22H19N7O. The second-order valence-electron chi connectivity index (χ2n) is 7.31. The summed E-state index contributed by atoms with van der Waals surface area (Å²) in [4.78, 5) is 28.9. The molecule has 3 aromatic heterocycles. The largest absolute Gasteiger partial charge is 0.332 e. The number of hydrogen-bond donors (Lipinski definition) is 2. The first-order valence-electron chi connectivity index (χ1n) is 9.65. The number of para-hydroxylation sites is 1. The van der Waals surface area contributed by atoms with Gasteiger partial charge in [-0.15, -0.1) is 0 Å². The Morgan fingerprint density at radius 3 is 2.37 bits per heavy atom. The van der Waals surface area contributed by atoms with Crippen LogP contribution in [0.25, 0.3) is 39.6 Å². The van der Waals surface area contributed by atoms with Gasteiger partial charge in [0.25, 0.3) is 0 Å². The molecule has 0 saturated carbocycles. The number of imidazole rings is 1. The van der Waals surface area contributed by atoms with E-state index >= 15 is 0 Å². The van der Waals surface area contributed by atoms with Gasteiger partial charge in [0.2, 0.25) is 0 Å². The topological polar surface area (TPSA) is 105 Å². The maximum absolute atomic E-state index is 12.8. The van der Waals surface area contributed by atoms with E-state index in [-0.39, 0.29) is 11.6 Å². The van der Waals surface area contributed by atoms with Crippen LogP contribution in [0, 0.1) is 0 Å². The fourth-order valence-corrected chi connectivity index (χ4v) is 3.56. The number of aromatic nitrogens is 7. The predicted octanol–water partition coefficient (Wildman–Crippen LogP) is 3.68. The molecule has 5 aromatic rings. The predicted molar refractivity (Wildman–Crippen MR) is 114 cm³/mol. The minimum absolute atomic E-state index is 0.232. The van der Waals surface area contributed by atoms with Crippen LogP contribution >= 0.6 is 0 Å². The number of aromatic amines is 2. The van der Waals surface area contributed by atoms with E-state index in [9.17, 15) is 4.79 Å². The Bertz CT molecular complexity index is 1380. The van der Waals surface area contributed by atoms with Crippen molar-refractivity contribution in [3.63, 3.8) is 0 Å². The van der Waals surface area contributed by atoms with Crippen molar-refractivity contribution >= 4 is 11.2 Å². The highest BCUT2D eigenvalue weighted by Gasteiger charge is 2.16. The van der Waals surface area contributed by atoms with Crippen LogP contribution in [0.1, 0.15) is 25.3 Å². The van der Waals surface area contributed by atoms with Crippen LogP contribution in [0.2, 0.25) is 0 Å². The SMILES string of the molecule is CC(C)c1ccccc1-n1c(=O)[nH]c2cnc(-c3ccc(-c4nc[nH]n4)cc3)nc21. The van der Waals surface area contributed by atoms with Gasteiger partial charge in [0, 0.05) is 11.1 Å². The lowest BCUT2D eigenvalue weighted by atomic mass is 10.0. The van der Waals surface area contributed by atoms with Gasteiger partial charge in [-0.05, 0) is 17.5 Å². The lowest BCUT2D eigenvalue weighted by molar-refractivity contribution is 0.842. The molecule has 148 valence electrons. The fraction of sp³-hybridized carbons (Fsp3) is 0.136. The number of rotatable bonds is 4. The molecule has 0 amide bonds. The van der Waals surface area contributed by atoms with E-state index in [1.165, 1.54) is 0 Å². The molecule has 0 radical (unpaired) electrons. The zero-order valence-electron chi connectivity index (χ0n) is 16.5. The van der Waals surface area contributed by atoms with E-state index in [4.69, 9.17) is 4.98 Å². The molecule has 0 aliphatic heterocycles. The third kappa shape index (κ3) is 2.98. The zero-order chi connectivity index (χ0) is 20.7. The molecule has 0 saturated heterocycles. The molecule has 8 nitrogen and oxygen atoms in total. The molecule has 2 aromatic carbocycles. The van der Waals surface area contributed by atoms with E-state index in [0.717, 1.165) is 22.4 Å². The van der Waals surface area contributed by atoms with E-state index in [1.807, 2.05) is 48.5 Å². The first-order valence-corrected chi connectivity index (χ1v) is 9.65. The molecule has 0 aliphatic rings. The van der Waals surface area contributed by atoms with Crippen LogP contribution in [-0.2, 0) is 0 Å². The number of benzene rings is 2. The molecule has 0 atom stereocenters. The molecule has 0 spiro atoms. The lowest BCUT2D eigenvalue weighted by Crippen LogP contribution is -2.17. The van der Waals surface area contributed by atoms with Crippen molar-refractivity contribution in [2.45, 2.75) is 19.8 Å². The second kappa shape index (κ2) is 7.07. The van der Waals surface area contributed by atoms with E-state index in [2.05, 4.69) is 39.0 Å². The Morgan fingerprint density at radius 1 is 0.933 bits per heavy atom. The smallest absolute Gasteiger partial charge is 0.303 e. The van der Waals surface area contributed by atoms with E-state index in [0.29, 0.717) is 22.8 Å². The van der Waals surface area contributed by atoms with Gasteiger partial charge in [0.05, 0.1) is 11.9 Å². The molecule has 30 heavy (non-hydrogen) atoms. The van der Waals surface area contributed by atoms with Gasteiger partial charge in [0.15, 0.2) is 17.3 Å². The summed E-state index contributed by atoms with van der Waals surface area (Å²) >= 11 is 0. The molecule has 0 fully saturated rings. The third-order valence-electron chi connectivity index (χ3n) is 5.04. The highest BCUT2D eigenvalue weighted by atomic mass is 16.1. The Hall–Kier alpha value is -4.07. The summed E-state index contributed by atoms with van der Waals surface area (Å²) in [6.07, 6.45) is 3.19. The maximum Gasteiger partial charge on any atom is 0.332 e. The minimum Gasteiger partial charge on any atom is -0.303 e. The van der Waals surface area contributed by atoms with Crippen LogP contribution in [0.15, 0.2) is 65.8 Å². The van der Waals surface area contributed by atoms with Gasteiger partial charge in [-0.3, -0.25) is 5.10 Å². The van der Waals surface area contributed by atoms with Crippen LogP contribution < -0.4 is 5.69 Å². The normalized spacial score (nSPS) is 11.4. The summed E-state index contributed by atoms with van der Waals surface area (Å²) in [6.45, 7) is 4.21. The zero-order valence-corrected chi connectivity index (χ0v) is 16.5. The molecule has 8 heteroatoms. The highest BCUT2D eigenvalue weighted by Crippen LogP contribution is 2.25. The quantitative estimate of drug-likeness (QED) is 0.481. The fourth-order valence-electron chi connectivity index (χ4n) is 3.56. The van der Waals surface area contributed by atoms with Gasteiger partial charge in [-0.1, -0.05) is 56.3 Å². The first kappa shape index (κ1) is 18.0. The maximum atomic E-state index is 12.8. The van der Waals surface area contributed by atoms with Crippen molar-refractivity contribution in [3.05, 3.63) is 77.1 Å². The average molecular weight is 397 g/mol.